The lowest BCUT2D eigenvalue weighted by atomic mass is 10.2. The van der Waals surface area contributed by atoms with Crippen LogP contribution in [0.4, 0.5) is 5.69 Å². The van der Waals surface area contributed by atoms with E-state index < -0.39 is 15.9 Å². The molecule has 1 aliphatic heterocycles. The number of ether oxygens (including phenoxy) is 3. The summed E-state index contributed by atoms with van der Waals surface area (Å²) in [4.78, 5) is 17.4. The molecule has 1 saturated heterocycles. The topological polar surface area (TPSA) is 116 Å². The van der Waals surface area contributed by atoms with Gasteiger partial charge in [0.25, 0.3) is 5.91 Å². The maximum atomic E-state index is 12.9. The van der Waals surface area contributed by atoms with Crippen LogP contribution in [0.15, 0.2) is 52.5 Å². The summed E-state index contributed by atoms with van der Waals surface area (Å²) in [5.41, 5.74) is 0.998. The molecule has 1 N–H and O–H groups in total. The molecule has 0 saturated carbocycles. The number of carbonyl (C=O) groups excluding carboxylic acids is 1. The van der Waals surface area contributed by atoms with Crippen LogP contribution in [0.3, 0.4) is 0 Å². The lowest BCUT2D eigenvalue weighted by molar-refractivity contribution is -0.120. The predicted octanol–water partition coefficient (Wildman–Crippen LogP) is 2.10. The van der Waals surface area contributed by atoms with Crippen molar-refractivity contribution < 1.29 is 32.3 Å². The van der Waals surface area contributed by atoms with Crippen LogP contribution in [-0.4, -0.2) is 71.5 Å². The molecule has 1 aliphatic rings. The van der Waals surface area contributed by atoms with E-state index in [1.54, 1.807) is 0 Å². The third kappa shape index (κ3) is 6.67. The number of oxime groups is 1. The van der Waals surface area contributed by atoms with Gasteiger partial charge in [-0.3, -0.25) is 4.79 Å². The second kappa shape index (κ2) is 11.6. The highest BCUT2D eigenvalue weighted by Crippen LogP contribution is 2.29. The van der Waals surface area contributed by atoms with Crippen molar-refractivity contribution in [1.29, 1.82) is 0 Å². The van der Waals surface area contributed by atoms with E-state index in [1.807, 2.05) is 31.2 Å². The monoisotopic (exact) mass is 477 g/mol. The third-order valence-corrected chi connectivity index (χ3v) is 6.61. The van der Waals surface area contributed by atoms with Crippen LogP contribution in [0.25, 0.3) is 0 Å². The molecule has 33 heavy (non-hydrogen) atoms. The molecule has 0 spiro atoms. The quantitative estimate of drug-likeness (QED) is 0.412. The van der Waals surface area contributed by atoms with Crippen molar-refractivity contribution in [3.63, 3.8) is 0 Å². The molecule has 2 aromatic rings. The Kier molecular flexibility index (Phi) is 8.64. The average molecular weight is 478 g/mol. The van der Waals surface area contributed by atoms with Gasteiger partial charge in [0, 0.05) is 13.1 Å². The number of rotatable bonds is 10. The smallest absolute Gasteiger partial charge is 0.265 e. The summed E-state index contributed by atoms with van der Waals surface area (Å²) in [6.07, 6.45) is 1.47. The molecular formula is C22H27N3O7S. The number of morpholine rings is 1. The van der Waals surface area contributed by atoms with Gasteiger partial charge in [-0.05, 0) is 55.0 Å². The molecule has 0 aromatic heterocycles. The number of hydrogen-bond acceptors (Lipinski definition) is 8. The summed E-state index contributed by atoms with van der Waals surface area (Å²) >= 11 is 0. The molecule has 0 unspecified atom stereocenters. The van der Waals surface area contributed by atoms with Gasteiger partial charge in [0.1, 0.15) is 11.5 Å². The zero-order valence-electron chi connectivity index (χ0n) is 18.5. The van der Waals surface area contributed by atoms with Crippen molar-refractivity contribution in [2.75, 3.05) is 51.9 Å². The first kappa shape index (κ1) is 24.5. The Balaban J connectivity index is 1.60. The number of amides is 1. The highest BCUT2D eigenvalue weighted by Gasteiger charge is 2.27. The van der Waals surface area contributed by atoms with E-state index in [2.05, 4.69) is 10.5 Å². The first-order valence-corrected chi connectivity index (χ1v) is 11.8. The Morgan fingerprint density at radius 2 is 1.91 bits per heavy atom. The molecule has 0 aliphatic carbocycles. The van der Waals surface area contributed by atoms with Crippen molar-refractivity contribution in [1.82, 2.24) is 4.31 Å². The SMILES string of the molecule is CCOc1ccc(/C=N/OCC(=O)Nc2cc(S(=O)(=O)N3CCOCC3)ccc2OC)cc1. The summed E-state index contributed by atoms with van der Waals surface area (Å²) in [7, 11) is -2.29. The summed E-state index contributed by atoms with van der Waals surface area (Å²) in [5, 5.41) is 6.40. The number of nitrogens with one attached hydrogen (secondary N) is 1. The molecule has 0 bridgehead atoms. The van der Waals surface area contributed by atoms with E-state index in [0.29, 0.717) is 25.6 Å². The third-order valence-electron chi connectivity index (χ3n) is 4.72. The number of nitrogens with zero attached hydrogens (tertiary/aromatic N) is 2. The van der Waals surface area contributed by atoms with Crippen LogP contribution in [0.2, 0.25) is 0 Å². The molecule has 0 atom stereocenters. The maximum absolute atomic E-state index is 12.9. The molecule has 0 radical (unpaired) electrons. The van der Waals surface area contributed by atoms with Gasteiger partial charge in [-0.1, -0.05) is 5.16 Å². The van der Waals surface area contributed by atoms with Crippen LogP contribution in [0.1, 0.15) is 12.5 Å². The van der Waals surface area contributed by atoms with Crippen LogP contribution >= 0.6 is 0 Å². The van der Waals surface area contributed by atoms with E-state index in [9.17, 15) is 13.2 Å². The molecule has 1 fully saturated rings. The van der Waals surface area contributed by atoms with Gasteiger partial charge in [-0.15, -0.1) is 0 Å². The molecule has 2 aromatic carbocycles. The first-order valence-electron chi connectivity index (χ1n) is 10.4. The molecule has 178 valence electrons. The summed E-state index contributed by atoms with van der Waals surface area (Å²) < 4.78 is 43.0. The number of hydrogen-bond donors (Lipinski definition) is 1. The number of benzene rings is 2. The fourth-order valence-corrected chi connectivity index (χ4v) is 4.51. The average Bonchev–Trinajstić information content (AvgIpc) is 2.83. The van der Waals surface area contributed by atoms with Crippen molar-refractivity contribution in [3.8, 4) is 11.5 Å². The fraction of sp³-hybridized carbons (Fsp3) is 0.364. The van der Waals surface area contributed by atoms with E-state index in [1.165, 1.54) is 35.8 Å². The highest BCUT2D eigenvalue weighted by atomic mass is 32.2. The van der Waals surface area contributed by atoms with Crippen LogP contribution < -0.4 is 14.8 Å². The minimum atomic E-state index is -3.72. The predicted molar refractivity (Wildman–Crippen MR) is 122 cm³/mol. The molecule has 11 heteroatoms. The molecule has 1 heterocycles. The first-order chi connectivity index (χ1) is 15.9. The summed E-state index contributed by atoms with van der Waals surface area (Å²) in [6.45, 7) is 3.35. The van der Waals surface area contributed by atoms with Crippen molar-refractivity contribution in [2.24, 2.45) is 5.16 Å². The number of methoxy groups -OCH3 is 1. The van der Waals surface area contributed by atoms with E-state index in [4.69, 9.17) is 19.0 Å². The fourth-order valence-electron chi connectivity index (χ4n) is 3.08. The van der Waals surface area contributed by atoms with Gasteiger partial charge < -0.3 is 24.4 Å². The molecule has 3 rings (SSSR count). The van der Waals surface area contributed by atoms with Gasteiger partial charge in [0.05, 0.1) is 43.7 Å². The highest BCUT2D eigenvalue weighted by molar-refractivity contribution is 7.89. The summed E-state index contributed by atoms with van der Waals surface area (Å²) in [6, 6.07) is 11.5. The number of sulfonamides is 1. The number of anilines is 1. The van der Waals surface area contributed by atoms with Crippen LogP contribution in [0, 0.1) is 0 Å². The van der Waals surface area contributed by atoms with Gasteiger partial charge in [-0.2, -0.15) is 4.31 Å². The van der Waals surface area contributed by atoms with Gasteiger partial charge >= 0.3 is 0 Å². The maximum Gasteiger partial charge on any atom is 0.265 e. The van der Waals surface area contributed by atoms with Crippen LogP contribution in [0.5, 0.6) is 11.5 Å². The Morgan fingerprint density at radius 1 is 1.18 bits per heavy atom. The van der Waals surface area contributed by atoms with Gasteiger partial charge in [0.15, 0.2) is 6.61 Å². The second-order valence-electron chi connectivity index (χ2n) is 6.94. The standard InChI is InChI=1S/C22H27N3O7S/c1-3-31-18-6-4-17(5-7-18)15-23-32-16-22(26)24-20-14-19(8-9-21(20)29-2)33(27,28)25-10-12-30-13-11-25/h4-9,14-15H,3,10-13,16H2,1-2H3,(H,24,26)/b23-15+. The Bertz CT molecular complexity index is 1070. The Hall–Kier alpha value is -3.15. The van der Waals surface area contributed by atoms with Gasteiger partial charge in [-0.25, -0.2) is 8.42 Å². The minimum Gasteiger partial charge on any atom is -0.495 e. The second-order valence-corrected chi connectivity index (χ2v) is 8.87. The normalized spacial score (nSPS) is 14.7. The Morgan fingerprint density at radius 3 is 2.58 bits per heavy atom. The molecule has 1 amide bonds. The molecular weight excluding hydrogens is 450 g/mol. The van der Waals surface area contributed by atoms with Crippen molar-refractivity contribution >= 4 is 27.8 Å². The van der Waals surface area contributed by atoms with E-state index in [-0.39, 0.29) is 30.3 Å². The van der Waals surface area contributed by atoms with Crippen molar-refractivity contribution in [3.05, 3.63) is 48.0 Å². The summed E-state index contributed by atoms with van der Waals surface area (Å²) in [5.74, 6) is 0.557. The lowest BCUT2D eigenvalue weighted by Crippen LogP contribution is -2.40. The minimum absolute atomic E-state index is 0.0509. The number of carbonyl (C=O) groups is 1. The van der Waals surface area contributed by atoms with E-state index >= 15 is 0 Å². The Labute approximate surface area is 193 Å². The van der Waals surface area contributed by atoms with E-state index in [0.717, 1.165) is 11.3 Å². The van der Waals surface area contributed by atoms with Crippen LogP contribution in [-0.2, 0) is 24.4 Å². The largest absolute Gasteiger partial charge is 0.495 e. The molecule has 10 nitrogen and oxygen atoms in total. The lowest BCUT2D eigenvalue weighted by Gasteiger charge is -2.26. The van der Waals surface area contributed by atoms with Gasteiger partial charge in [0.2, 0.25) is 10.0 Å². The zero-order valence-corrected chi connectivity index (χ0v) is 19.3. The van der Waals surface area contributed by atoms with Crippen molar-refractivity contribution in [2.45, 2.75) is 11.8 Å². The zero-order chi connectivity index (χ0) is 23.7.